The molecule has 10 heteroatoms. The Bertz CT molecular complexity index is 1190. The summed E-state index contributed by atoms with van der Waals surface area (Å²) in [6.07, 6.45) is 0.756. The van der Waals surface area contributed by atoms with Gasteiger partial charge in [-0.05, 0) is 50.6 Å². The Morgan fingerprint density at radius 2 is 1.74 bits per heavy atom. The van der Waals surface area contributed by atoms with Crippen LogP contribution in [0.15, 0.2) is 60.0 Å². The highest BCUT2D eigenvalue weighted by Gasteiger charge is 2.38. The average Bonchev–Trinajstić information content (AvgIpc) is 2.78. The summed E-state index contributed by atoms with van der Waals surface area (Å²) in [5, 5.41) is 3.91. The van der Waals surface area contributed by atoms with Crippen molar-refractivity contribution < 1.29 is 32.3 Å². The third-order valence-electron chi connectivity index (χ3n) is 4.78. The molecule has 0 saturated carbocycles. The van der Waals surface area contributed by atoms with Crippen LogP contribution in [0.3, 0.4) is 0 Å². The third kappa shape index (κ3) is 7.90. The molecule has 0 saturated heterocycles. The molecular formula is C25H32N2O7S. The van der Waals surface area contributed by atoms with Crippen molar-refractivity contribution in [2.24, 2.45) is 0 Å². The molecule has 0 unspecified atom stereocenters. The van der Waals surface area contributed by atoms with E-state index in [4.69, 9.17) is 9.47 Å². The number of sulfonamides is 1. The number of carbonyl (C=O) groups is 3. The summed E-state index contributed by atoms with van der Waals surface area (Å²) in [7, 11) is -4.26. The summed E-state index contributed by atoms with van der Waals surface area (Å²) < 4.78 is 38.4. The molecule has 35 heavy (non-hydrogen) atoms. The molecule has 0 heterocycles. The standard InChI is InChI=1S/C25H32N2O7S/c1-6-14-27(35(31,32)20-13-12-18-10-8-9-11-19(18)15-20)21(16-22(28)34-25(3,4)5)24(30)26-17-23(29)33-7-2/h6,8-13,15,21H,1,7,14,16-17H2,2-5H3,(H,26,30)/t21-/m0/s1. The molecule has 0 aliphatic carbocycles. The van der Waals surface area contributed by atoms with Gasteiger partial charge < -0.3 is 14.8 Å². The number of nitrogens with one attached hydrogen (secondary N) is 1. The van der Waals surface area contributed by atoms with Crippen LogP contribution in [0.25, 0.3) is 10.8 Å². The van der Waals surface area contributed by atoms with E-state index in [9.17, 15) is 22.8 Å². The second kappa shape index (κ2) is 11.9. The maximum absolute atomic E-state index is 13.7. The first-order valence-electron chi connectivity index (χ1n) is 11.2. The van der Waals surface area contributed by atoms with Gasteiger partial charge in [0.05, 0.1) is 17.9 Å². The molecule has 2 aromatic carbocycles. The van der Waals surface area contributed by atoms with E-state index >= 15 is 0 Å². The smallest absolute Gasteiger partial charge is 0.325 e. The van der Waals surface area contributed by atoms with Gasteiger partial charge in [-0.2, -0.15) is 4.31 Å². The molecule has 190 valence electrons. The van der Waals surface area contributed by atoms with Crippen LogP contribution in [0.1, 0.15) is 34.1 Å². The first kappa shape index (κ1) is 28.0. The van der Waals surface area contributed by atoms with Crippen molar-refractivity contribution in [1.29, 1.82) is 0 Å². The predicted octanol–water partition coefficient (Wildman–Crippen LogP) is 2.80. The lowest BCUT2D eigenvalue weighted by Gasteiger charge is -2.30. The van der Waals surface area contributed by atoms with Gasteiger partial charge >= 0.3 is 11.9 Å². The first-order chi connectivity index (χ1) is 16.4. The Kier molecular flexibility index (Phi) is 9.55. The molecule has 0 bridgehead atoms. The fourth-order valence-corrected chi connectivity index (χ4v) is 4.93. The molecule has 2 aromatic rings. The maximum Gasteiger partial charge on any atom is 0.325 e. The average molecular weight is 505 g/mol. The highest BCUT2D eigenvalue weighted by Crippen LogP contribution is 2.25. The van der Waals surface area contributed by atoms with Gasteiger partial charge in [0.25, 0.3) is 0 Å². The number of hydrogen-bond donors (Lipinski definition) is 1. The van der Waals surface area contributed by atoms with Gasteiger partial charge in [0.2, 0.25) is 15.9 Å². The highest BCUT2D eigenvalue weighted by atomic mass is 32.2. The third-order valence-corrected chi connectivity index (χ3v) is 6.65. The van der Waals surface area contributed by atoms with Gasteiger partial charge in [-0.25, -0.2) is 8.42 Å². The zero-order chi connectivity index (χ0) is 26.2. The Morgan fingerprint density at radius 3 is 2.34 bits per heavy atom. The van der Waals surface area contributed by atoms with Crippen LogP contribution in [0, 0.1) is 0 Å². The summed E-state index contributed by atoms with van der Waals surface area (Å²) in [6, 6.07) is 10.4. The van der Waals surface area contributed by atoms with Crippen molar-refractivity contribution in [3.8, 4) is 0 Å². The van der Waals surface area contributed by atoms with Crippen LogP contribution in [0.4, 0.5) is 0 Å². The molecular weight excluding hydrogens is 472 g/mol. The van der Waals surface area contributed by atoms with Crippen molar-refractivity contribution in [2.45, 2.75) is 50.7 Å². The normalized spacial score (nSPS) is 12.7. The lowest BCUT2D eigenvalue weighted by molar-refractivity contribution is -0.157. The molecule has 9 nitrogen and oxygen atoms in total. The predicted molar refractivity (Wildman–Crippen MR) is 132 cm³/mol. The quantitative estimate of drug-likeness (QED) is 0.369. The number of amides is 1. The van der Waals surface area contributed by atoms with Gasteiger partial charge in [0.1, 0.15) is 18.2 Å². The number of benzene rings is 2. The Labute approximate surface area is 206 Å². The maximum atomic E-state index is 13.7. The summed E-state index contributed by atoms with van der Waals surface area (Å²) in [5.41, 5.74) is -0.844. The zero-order valence-electron chi connectivity index (χ0n) is 20.4. The van der Waals surface area contributed by atoms with E-state index in [-0.39, 0.29) is 18.0 Å². The minimum atomic E-state index is -4.26. The van der Waals surface area contributed by atoms with Gasteiger partial charge in [0.15, 0.2) is 0 Å². The molecule has 0 aromatic heterocycles. The first-order valence-corrected chi connectivity index (χ1v) is 12.6. The fraction of sp³-hybridized carbons (Fsp3) is 0.400. The van der Waals surface area contributed by atoms with Crippen molar-refractivity contribution in [2.75, 3.05) is 19.7 Å². The fourth-order valence-electron chi connectivity index (χ4n) is 3.34. The Balaban J connectivity index is 2.46. The molecule has 1 N–H and O–H groups in total. The van der Waals surface area contributed by atoms with Crippen molar-refractivity contribution in [1.82, 2.24) is 9.62 Å². The van der Waals surface area contributed by atoms with Gasteiger partial charge in [-0.3, -0.25) is 14.4 Å². The molecule has 0 spiro atoms. The number of hydrogen-bond acceptors (Lipinski definition) is 7. The summed E-state index contributed by atoms with van der Waals surface area (Å²) in [6.45, 7) is 9.60. The van der Waals surface area contributed by atoms with Gasteiger partial charge in [-0.1, -0.05) is 36.4 Å². The summed E-state index contributed by atoms with van der Waals surface area (Å²) in [5.74, 6) is -2.30. The zero-order valence-corrected chi connectivity index (χ0v) is 21.3. The van der Waals surface area contributed by atoms with Crippen LogP contribution >= 0.6 is 0 Å². The summed E-state index contributed by atoms with van der Waals surface area (Å²) in [4.78, 5) is 37.4. The largest absolute Gasteiger partial charge is 0.465 e. The SMILES string of the molecule is C=CCN([C@@H](CC(=O)OC(C)(C)C)C(=O)NCC(=O)OCC)S(=O)(=O)c1ccc2ccccc2c1. The molecule has 2 rings (SSSR count). The van der Waals surface area contributed by atoms with Crippen LogP contribution in [-0.4, -0.2) is 61.9 Å². The van der Waals surface area contributed by atoms with E-state index in [2.05, 4.69) is 11.9 Å². The number of fused-ring (bicyclic) bond motifs is 1. The number of esters is 2. The van der Waals surface area contributed by atoms with Crippen LogP contribution in [0.2, 0.25) is 0 Å². The van der Waals surface area contributed by atoms with E-state index in [0.29, 0.717) is 5.39 Å². The minimum absolute atomic E-state index is 0.0505. The Hall–Kier alpha value is -3.24. The van der Waals surface area contributed by atoms with Crippen LogP contribution in [0.5, 0.6) is 0 Å². The highest BCUT2D eigenvalue weighted by molar-refractivity contribution is 7.89. The monoisotopic (exact) mass is 504 g/mol. The van der Waals surface area contributed by atoms with Crippen molar-refractivity contribution in [3.05, 3.63) is 55.1 Å². The van der Waals surface area contributed by atoms with Crippen molar-refractivity contribution in [3.63, 3.8) is 0 Å². The van der Waals surface area contributed by atoms with Gasteiger partial charge in [0, 0.05) is 6.54 Å². The van der Waals surface area contributed by atoms with Gasteiger partial charge in [-0.15, -0.1) is 6.58 Å². The van der Waals surface area contributed by atoms with E-state index < -0.39 is 52.5 Å². The number of nitrogens with zero attached hydrogens (tertiary/aromatic N) is 1. The number of rotatable bonds is 11. The molecule has 1 amide bonds. The van der Waals surface area contributed by atoms with Crippen LogP contribution in [-0.2, 0) is 33.9 Å². The number of carbonyl (C=O) groups excluding carboxylic acids is 3. The lowest BCUT2D eigenvalue weighted by atomic mass is 10.1. The second-order valence-electron chi connectivity index (χ2n) is 8.70. The minimum Gasteiger partial charge on any atom is -0.465 e. The molecule has 0 fully saturated rings. The van der Waals surface area contributed by atoms with Crippen LogP contribution < -0.4 is 5.32 Å². The lowest BCUT2D eigenvalue weighted by Crippen LogP contribution is -2.51. The van der Waals surface area contributed by atoms with E-state index in [1.165, 1.54) is 18.2 Å². The number of ether oxygens (including phenoxy) is 2. The van der Waals surface area contributed by atoms with E-state index in [0.717, 1.165) is 9.69 Å². The second-order valence-corrected chi connectivity index (χ2v) is 10.6. The topological polar surface area (TPSA) is 119 Å². The molecule has 1 atom stereocenters. The molecule has 0 aliphatic rings. The van der Waals surface area contributed by atoms with E-state index in [1.54, 1.807) is 45.9 Å². The molecule has 0 radical (unpaired) electrons. The van der Waals surface area contributed by atoms with E-state index in [1.807, 2.05) is 12.1 Å². The van der Waals surface area contributed by atoms with Crippen molar-refractivity contribution >= 4 is 38.6 Å². The molecule has 0 aliphatic heterocycles. The Morgan fingerprint density at radius 1 is 1.09 bits per heavy atom. The summed E-state index contributed by atoms with van der Waals surface area (Å²) >= 11 is 0.